The van der Waals surface area contributed by atoms with Gasteiger partial charge in [0, 0.05) is 30.3 Å². The van der Waals surface area contributed by atoms with E-state index in [9.17, 15) is 9.59 Å². The molecule has 2 heterocycles. The second-order valence-electron chi connectivity index (χ2n) is 6.20. The van der Waals surface area contributed by atoms with Gasteiger partial charge in [0.25, 0.3) is 11.8 Å². The number of amides is 2. The third-order valence-electron chi connectivity index (χ3n) is 4.37. The van der Waals surface area contributed by atoms with Crippen LogP contribution in [-0.2, 0) is 6.54 Å². The fourth-order valence-electron chi connectivity index (χ4n) is 2.97. The molecule has 0 bridgehead atoms. The lowest BCUT2D eigenvalue weighted by Gasteiger charge is -2.12. The number of nitrogens with two attached hydrogens (primary N) is 2. The molecule has 1 aromatic carbocycles. The highest BCUT2D eigenvalue weighted by Crippen LogP contribution is 2.19. The average Bonchev–Trinajstić information content (AvgIpc) is 3.19. The zero-order chi connectivity index (χ0) is 18.5. The lowest BCUT2D eigenvalue weighted by atomic mass is 10.1. The second kappa shape index (κ2) is 8.03. The number of hydrogen-bond acceptors (Lipinski definition) is 6. The molecule has 6 N–H and O–H groups in total. The lowest BCUT2D eigenvalue weighted by molar-refractivity contribution is 0.0949. The van der Waals surface area contributed by atoms with Crippen LogP contribution in [0.15, 0.2) is 30.5 Å². The van der Waals surface area contributed by atoms with Crippen molar-refractivity contribution in [2.75, 3.05) is 13.1 Å². The first-order chi connectivity index (χ1) is 12.6. The molecule has 8 heteroatoms. The van der Waals surface area contributed by atoms with Crippen LogP contribution in [0.2, 0.25) is 0 Å². The summed E-state index contributed by atoms with van der Waals surface area (Å²) >= 11 is 0. The number of carbonyl (C=O) groups excluding carboxylic acids is 2. The monoisotopic (exact) mass is 354 g/mol. The molecule has 0 aliphatic carbocycles. The molecule has 1 aliphatic heterocycles. The van der Waals surface area contributed by atoms with Crippen molar-refractivity contribution in [2.24, 2.45) is 11.5 Å². The standard InChI is InChI=1S/C18H22N6O2/c19-8-14-16(17(20)25)24-15(10-22-14)11-3-1-4-12(7-11)18(26)23-9-13-5-2-6-21-13/h1,3-4,7,10,13,21H,2,5-6,8-9,19H2,(H2,20,25)(H,23,26). The van der Waals surface area contributed by atoms with Crippen LogP contribution in [0.3, 0.4) is 0 Å². The Labute approximate surface area is 151 Å². The van der Waals surface area contributed by atoms with Crippen LogP contribution in [0.1, 0.15) is 39.4 Å². The number of hydrogen-bond donors (Lipinski definition) is 4. The number of nitrogens with one attached hydrogen (secondary N) is 2. The van der Waals surface area contributed by atoms with Crippen molar-refractivity contribution in [3.63, 3.8) is 0 Å². The van der Waals surface area contributed by atoms with Crippen LogP contribution in [0.4, 0.5) is 0 Å². The highest BCUT2D eigenvalue weighted by atomic mass is 16.2. The number of primary amides is 1. The summed E-state index contributed by atoms with van der Waals surface area (Å²) in [6.45, 7) is 1.67. The van der Waals surface area contributed by atoms with Gasteiger partial charge in [-0.05, 0) is 31.5 Å². The quantitative estimate of drug-likeness (QED) is 0.584. The smallest absolute Gasteiger partial charge is 0.269 e. The van der Waals surface area contributed by atoms with Gasteiger partial charge in [0.1, 0.15) is 0 Å². The Balaban J connectivity index is 1.79. The lowest BCUT2D eigenvalue weighted by Crippen LogP contribution is -2.37. The minimum Gasteiger partial charge on any atom is -0.364 e. The minimum absolute atomic E-state index is 0.0483. The van der Waals surface area contributed by atoms with E-state index in [4.69, 9.17) is 11.5 Å². The van der Waals surface area contributed by atoms with Gasteiger partial charge in [0.05, 0.1) is 17.6 Å². The van der Waals surface area contributed by atoms with E-state index in [-0.39, 0.29) is 18.1 Å². The fourth-order valence-corrected chi connectivity index (χ4v) is 2.97. The van der Waals surface area contributed by atoms with E-state index < -0.39 is 5.91 Å². The summed E-state index contributed by atoms with van der Waals surface area (Å²) in [7, 11) is 0. The molecular formula is C18H22N6O2. The molecule has 26 heavy (non-hydrogen) atoms. The molecule has 2 amide bonds. The Kier molecular flexibility index (Phi) is 5.55. The highest BCUT2D eigenvalue weighted by Gasteiger charge is 2.16. The van der Waals surface area contributed by atoms with Crippen molar-refractivity contribution in [1.29, 1.82) is 0 Å². The summed E-state index contributed by atoms with van der Waals surface area (Å²) < 4.78 is 0. The summed E-state index contributed by atoms with van der Waals surface area (Å²) in [6, 6.07) is 7.34. The maximum absolute atomic E-state index is 12.4. The molecule has 1 fully saturated rings. The van der Waals surface area contributed by atoms with Gasteiger partial charge in [-0.1, -0.05) is 12.1 Å². The summed E-state index contributed by atoms with van der Waals surface area (Å²) in [4.78, 5) is 32.4. The Hall–Kier alpha value is -2.84. The molecule has 0 radical (unpaired) electrons. The minimum atomic E-state index is -0.683. The van der Waals surface area contributed by atoms with Crippen molar-refractivity contribution in [1.82, 2.24) is 20.6 Å². The molecule has 1 atom stereocenters. The predicted octanol–water partition coefficient (Wildman–Crippen LogP) is 0.183. The first-order valence-electron chi connectivity index (χ1n) is 8.56. The van der Waals surface area contributed by atoms with Gasteiger partial charge in [-0.25, -0.2) is 4.98 Å². The zero-order valence-electron chi connectivity index (χ0n) is 14.4. The number of carbonyl (C=O) groups is 2. The molecule has 3 rings (SSSR count). The Morgan fingerprint density at radius 3 is 2.88 bits per heavy atom. The van der Waals surface area contributed by atoms with E-state index in [0.29, 0.717) is 35.1 Å². The summed E-state index contributed by atoms with van der Waals surface area (Å²) in [5, 5.41) is 6.28. The van der Waals surface area contributed by atoms with Gasteiger partial charge in [-0.15, -0.1) is 0 Å². The average molecular weight is 354 g/mol. The molecular weight excluding hydrogens is 332 g/mol. The van der Waals surface area contributed by atoms with Gasteiger partial charge in [0.15, 0.2) is 5.69 Å². The molecule has 1 saturated heterocycles. The van der Waals surface area contributed by atoms with Crippen LogP contribution in [0.25, 0.3) is 11.3 Å². The largest absolute Gasteiger partial charge is 0.364 e. The summed E-state index contributed by atoms with van der Waals surface area (Å²) in [5.41, 5.74) is 13.0. The molecule has 8 nitrogen and oxygen atoms in total. The topological polar surface area (TPSA) is 136 Å². The van der Waals surface area contributed by atoms with E-state index in [1.165, 1.54) is 6.20 Å². The number of rotatable bonds is 6. The Bertz CT molecular complexity index is 817. The summed E-state index contributed by atoms with van der Waals surface area (Å²) in [6.07, 6.45) is 3.73. The number of aromatic nitrogens is 2. The number of nitrogens with zero attached hydrogens (tertiary/aromatic N) is 2. The molecule has 0 saturated carbocycles. The Morgan fingerprint density at radius 1 is 1.35 bits per heavy atom. The van der Waals surface area contributed by atoms with E-state index >= 15 is 0 Å². The normalized spacial score (nSPS) is 16.4. The summed E-state index contributed by atoms with van der Waals surface area (Å²) in [5.74, 6) is -0.833. The molecule has 1 unspecified atom stereocenters. The van der Waals surface area contributed by atoms with E-state index in [1.54, 1.807) is 24.3 Å². The zero-order valence-corrected chi connectivity index (χ0v) is 14.4. The Morgan fingerprint density at radius 2 is 2.19 bits per heavy atom. The molecule has 1 aliphatic rings. The van der Waals surface area contributed by atoms with Gasteiger partial charge < -0.3 is 22.1 Å². The van der Waals surface area contributed by atoms with E-state index in [1.807, 2.05) is 0 Å². The molecule has 2 aromatic rings. The van der Waals surface area contributed by atoms with Crippen molar-refractivity contribution < 1.29 is 9.59 Å². The predicted molar refractivity (Wildman–Crippen MR) is 97.2 cm³/mol. The van der Waals surface area contributed by atoms with Crippen molar-refractivity contribution in [2.45, 2.75) is 25.4 Å². The van der Waals surface area contributed by atoms with Gasteiger partial charge in [-0.3, -0.25) is 14.6 Å². The first kappa shape index (κ1) is 18.0. The van der Waals surface area contributed by atoms with Gasteiger partial charge in [0.2, 0.25) is 0 Å². The maximum atomic E-state index is 12.4. The SMILES string of the molecule is NCc1ncc(-c2cccc(C(=O)NCC3CCCN3)c2)nc1C(N)=O. The fraction of sp³-hybridized carbons (Fsp3) is 0.333. The van der Waals surface area contributed by atoms with Crippen molar-refractivity contribution in [3.8, 4) is 11.3 Å². The van der Waals surface area contributed by atoms with Crippen LogP contribution < -0.4 is 22.1 Å². The van der Waals surface area contributed by atoms with Crippen LogP contribution in [-0.4, -0.2) is 40.9 Å². The molecule has 1 aromatic heterocycles. The first-order valence-corrected chi connectivity index (χ1v) is 8.56. The van der Waals surface area contributed by atoms with Crippen molar-refractivity contribution in [3.05, 3.63) is 47.4 Å². The highest BCUT2D eigenvalue weighted by molar-refractivity contribution is 5.95. The van der Waals surface area contributed by atoms with E-state index in [2.05, 4.69) is 20.6 Å². The van der Waals surface area contributed by atoms with Crippen LogP contribution >= 0.6 is 0 Å². The van der Waals surface area contributed by atoms with Crippen molar-refractivity contribution >= 4 is 11.8 Å². The van der Waals surface area contributed by atoms with Crippen LogP contribution in [0.5, 0.6) is 0 Å². The maximum Gasteiger partial charge on any atom is 0.269 e. The van der Waals surface area contributed by atoms with E-state index in [0.717, 1.165) is 19.4 Å². The van der Waals surface area contributed by atoms with Gasteiger partial charge >= 0.3 is 0 Å². The van der Waals surface area contributed by atoms with Gasteiger partial charge in [-0.2, -0.15) is 0 Å². The number of benzene rings is 1. The molecule has 0 spiro atoms. The second-order valence-corrected chi connectivity index (χ2v) is 6.20. The van der Waals surface area contributed by atoms with Crippen LogP contribution in [0, 0.1) is 0 Å². The third-order valence-corrected chi connectivity index (χ3v) is 4.37. The third kappa shape index (κ3) is 4.04. The molecule has 136 valence electrons.